The molecule has 2 heteroatoms. The van der Waals surface area contributed by atoms with E-state index in [-0.39, 0.29) is 0 Å². The van der Waals surface area contributed by atoms with Crippen LogP contribution in [0, 0.1) is 0 Å². The first-order chi connectivity index (χ1) is 8.69. The molecule has 0 radical (unpaired) electrons. The van der Waals surface area contributed by atoms with Crippen molar-refractivity contribution in [3.63, 3.8) is 0 Å². The van der Waals surface area contributed by atoms with Crippen LogP contribution in [0.4, 0.5) is 0 Å². The van der Waals surface area contributed by atoms with Crippen LogP contribution < -0.4 is 10.6 Å². The summed E-state index contributed by atoms with van der Waals surface area (Å²) >= 11 is 0. The zero-order chi connectivity index (χ0) is 13.8. The van der Waals surface area contributed by atoms with Crippen LogP contribution in [-0.2, 0) is 0 Å². The van der Waals surface area contributed by atoms with Crippen molar-refractivity contribution in [1.29, 1.82) is 0 Å². The number of nitrogens with one attached hydrogen (secondary N) is 2. The minimum absolute atomic E-state index is 0.639. The highest BCUT2D eigenvalue weighted by Gasteiger charge is 2.09. The average Bonchev–Trinajstić information content (AvgIpc) is 2.37. The van der Waals surface area contributed by atoms with E-state index in [4.69, 9.17) is 0 Å². The summed E-state index contributed by atoms with van der Waals surface area (Å²) in [7, 11) is 0. The molecule has 0 fully saturated rings. The van der Waals surface area contributed by atoms with Crippen LogP contribution in [0.1, 0.15) is 66.2 Å². The lowest BCUT2D eigenvalue weighted by Crippen LogP contribution is -2.30. The van der Waals surface area contributed by atoms with Gasteiger partial charge >= 0.3 is 0 Å². The lowest BCUT2D eigenvalue weighted by molar-refractivity contribution is 0.470. The standard InChI is InChI=1S/C16H32N2/c1-6-10-15(11-7-2)18-16(14(5)8-3)12-13-17-9-4/h9,15,17-18H,4,6-8,10-13H2,1-3,5H3/b16-14+. The molecule has 0 spiro atoms. The summed E-state index contributed by atoms with van der Waals surface area (Å²) in [5.41, 5.74) is 2.91. The minimum atomic E-state index is 0.639. The van der Waals surface area contributed by atoms with Gasteiger partial charge in [0.05, 0.1) is 0 Å². The van der Waals surface area contributed by atoms with Gasteiger partial charge in [0.1, 0.15) is 0 Å². The van der Waals surface area contributed by atoms with Gasteiger partial charge in [-0.2, -0.15) is 0 Å². The van der Waals surface area contributed by atoms with E-state index in [1.54, 1.807) is 6.20 Å². The first-order valence-corrected chi connectivity index (χ1v) is 7.48. The molecule has 0 aromatic carbocycles. The van der Waals surface area contributed by atoms with E-state index in [0.29, 0.717) is 6.04 Å². The Balaban J connectivity index is 4.49. The van der Waals surface area contributed by atoms with Gasteiger partial charge < -0.3 is 10.6 Å². The molecule has 0 saturated heterocycles. The van der Waals surface area contributed by atoms with Gasteiger partial charge in [0, 0.05) is 24.7 Å². The Morgan fingerprint density at radius 1 is 1.17 bits per heavy atom. The fourth-order valence-corrected chi connectivity index (χ4v) is 2.15. The molecule has 0 rings (SSSR count). The summed E-state index contributed by atoms with van der Waals surface area (Å²) in [4.78, 5) is 0. The van der Waals surface area contributed by atoms with Crippen molar-refractivity contribution in [2.24, 2.45) is 0 Å². The lowest BCUT2D eigenvalue weighted by Gasteiger charge is -2.23. The zero-order valence-corrected chi connectivity index (χ0v) is 12.8. The number of rotatable bonds is 11. The normalized spacial score (nSPS) is 12.3. The van der Waals surface area contributed by atoms with Gasteiger partial charge in [0.25, 0.3) is 0 Å². The molecule has 0 heterocycles. The molecule has 0 saturated carbocycles. The second-order valence-electron chi connectivity index (χ2n) is 4.94. The maximum absolute atomic E-state index is 3.77. The zero-order valence-electron chi connectivity index (χ0n) is 12.8. The fraction of sp³-hybridized carbons (Fsp3) is 0.750. The first-order valence-electron chi connectivity index (χ1n) is 7.48. The van der Waals surface area contributed by atoms with Crippen LogP contribution >= 0.6 is 0 Å². The van der Waals surface area contributed by atoms with Gasteiger partial charge in [-0.3, -0.25) is 0 Å². The van der Waals surface area contributed by atoms with E-state index in [9.17, 15) is 0 Å². The summed E-state index contributed by atoms with van der Waals surface area (Å²) in [6.07, 6.45) is 9.00. The number of hydrogen-bond donors (Lipinski definition) is 2. The molecule has 18 heavy (non-hydrogen) atoms. The van der Waals surface area contributed by atoms with Gasteiger partial charge in [-0.1, -0.05) is 45.8 Å². The van der Waals surface area contributed by atoms with Crippen LogP contribution in [-0.4, -0.2) is 12.6 Å². The molecule has 2 nitrogen and oxygen atoms in total. The van der Waals surface area contributed by atoms with Crippen LogP contribution in [0.5, 0.6) is 0 Å². The molecule has 106 valence electrons. The van der Waals surface area contributed by atoms with Crippen LogP contribution in [0.2, 0.25) is 0 Å². The third kappa shape index (κ3) is 7.41. The molecule has 0 aliphatic carbocycles. The third-order valence-electron chi connectivity index (χ3n) is 3.36. The largest absolute Gasteiger partial charge is 0.391 e. The Labute approximate surface area is 114 Å². The number of hydrogen-bond acceptors (Lipinski definition) is 2. The van der Waals surface area contributed by atoms with Crippen LogP contribution in [0.25, 0.3) is 0 Å². The maximum Gasteiger partial charge on any atom is 0.0258 e. The SMILES string of the molecule is C=CNCC/C(NC(CCC)CCC)=C(/C)CC. The van der Waals surface area contributed by atoms with Crippen molar-refractivity contribution in [2.45, 2.75) is 72.3 Å². The molecular weight excluding hydrogens is 220 g/mol. The smallest absolute Gasteiger partial charge is 0.0258 e. The Kier molecular flexibility index (Phi) is 10.6. The van der Waals surface area contributed by atoms with Gasteiger partial charge in [-0.25, -0.2) is 0 Å². The van der Waals surface area contributed by atoms with Crippen molar-refractivity contribution in [3.8, 4) is 0 Å². The molecule has 0 bridgehead atoms. The van der Waals surface area contributed by atoms with Gasteiger partial charge in [-0.05, 0) is 32.4 Å². The number of allylic oxidation sites excluding steroid dienone is 1. The predicted octanol–water partition coefficient (Wildman–Crippen LogP) is 4.35. The maximum atomic E-state index is 3.77. The quantitative estimate of drug-likeness (QED) is 0.534. The topological polar surface area (TPSA) is 24.1 Å². The highest BCUT2D eigenvalue weighted by Crippen LogP contribution is 2.13. The third-order valence-corrected chi connectivity index (χ3v) is 3.36. The molecule has 2 N–H and O–H groups in total. The Bertz CT molecular complexity index is 237. The Morgan fingerprint density at radius 3 is 2.22 bits per heavy atom. The van der Waals surface area contributed by atoms with Crippen molar-refractivity contribution < 1.29 is 0 Å². The van der Waals surface area contributed by atoms with Crippen molar-refractivity contribution >= 4 is 0 Å². The molecule has 0 unspecified atom stereocenters. The summed E-state index contributed by atoms with van der Waals surface area (Å²) in [5.74, 6) is 0. The molecular formula is C16H32N2. The Morgan fingerprint density at radius 2 is 1.78 bits per heavy atom. The first kappa shape index (κ1) is 17.1. The second-order valence-corrected chi connectivity index (χ2v) is 4.94. The summed E-state index contributed by atoms with van der Waals surface area (Å²) < 4.78 is 0. The molecule has 0 atom stereocenters. The second kappa shape index (κ2) is 11.2. The van der Waals surface area contributed by atoms with E-state index in [1.165, 1.54) is 37.0 Å². The Hall–Kier alpha value is -0.920. The van der Waals surface area contributed by atoms with E-state index >= 15 is 0 Å². The molecule has 0 aromatic heterocycles. The average molecular weight is 252 g/mol. The summed E-state index contributed by atoms with van der Waals surface area (Å²) in [6, 6.07) is 0.639. The van der Waals surface area contributed by atoms with Gasteiger partial charge in [-0.15, -0.1) is 0 Å². The predicted molar refractivity (Wildman–Crippen MR) is 82.5 cm³/mol. The summed E-state index contributed by atoms with van der Waals surface area (Å²) in [6.45, 7) is 13.7. The monoisotopic (exact) mass is 252 g/mol. The van der Waals surface area contributed by atoms with Gasteiger partial charge in [0.2, 0.25) is 0 Å². The highest BCUT2D eigenvalue weighted by atomic mass is 14.9. The van der Waals surface area contributed by atoms with Crippen molar-refractivity contribution in [2.75, 3.05) is 6.54 Å². The van der Waals surface area contributed by atoms with Crippen LogP contribution in [0.3, 0.4) is 0 Å². The fourth-order valence-electron chi connectivity index (χ4n) is 2.15. The van der Waals surface area contributed by atoms with E-state index in [0.717, 1.165) is 19.4 Å². The molecule has 0 aromatic rings. The lowest BCUT2D eigenvalue weighted by atomic mass is 10.0. The molecule has 0 amide bonds. The van der Waals surface area contributed by atoms with E-state index in [1.807, 2.05) is 0 Å². The van der Waals surface area contributed by atoms with Crippen LogP contribution in [0.15, 0.2) is 24.0 Å². The molecule has 0 aliphatic rings. The van der Waals surface area contributed by atoms with Crippen molar-refractivity contribution in [3.05, 3.63) is 24.0 Å². The minimum Gasteiger partial charge on any atom is -0.391 e. The molecule has 0 aliphatic heterocycles. The van der Waals surface area contributed by atoms with Gasteiger partial charge in [0.15, 0.2) is 0 Å². The van der Waals surface area contributed by atoms with E-state index < -0.39 is 0 Å². The van der Waals surface area contributed by atoms with E-state index in [2.05, 4.69) is 44.9 Å². The summed E-state index contributed by atoms with van der Waals surface area (Å²) in [5, 5.41) is 6.96. The highest BCUT2D eigenvalue weighted by molar-refractivity contribution is 5.11. The van der Waals surface area contributed by atoms with Crippen molar-refractivity contribution in [1.82, 2.24) is 10.6 Å².